The van der Waals surface area contributed by atoms with Crippen molar-refractivity contribution < 1.29 is 4.79 Å². The minimum absolute atomic E-state index is 0.258. The van der Waals surface area contributed by atoms with Crippen molar-refractivity contribution >= 4 is 23.2 Å². The fraction of sp³-hybridized carbons (Fsp3) is 0.647. The first kappa shape index (κ1) is 13.6. The van der Waals surface area contributed by atoms with E-state index in [1.165, 1.54) is 47.5 Å². The minimum atomic E-state index is 0.258. The van der Waals surface area contributed by atoms with Crippen LogP contribution in [0.25, 0.3) is 0 Å². The molecular weight excluding hydrogens is 284 g/mol. The summed E-state index contributed by atoms with van der Waals surface area (Å²) in [6.07, 6.45) is 8.57. The van der Waals surface area contributed by atoms with E-state index in [0.717, 1.165) is 32.2 Å². The van der Waals surface area contributed by atoms with Gasteiger partial charge in [-0.3, -0.25) is 9.78 Å². The molecule has 1 unspecified atom stereocenters. The van der Waals surface area contributed by atoms with Crippen LogP contribution in [-0.2, 0) is 30.5 Å². The van der Waals surface area contributed by atoms with Gasteiger partial charge in [0.05, 0.1) is 5.69 Å². The second kappa shape index (κ2) is 5.28. The van der Waals surface area contributed by atoms with Crippen LogP contribution < -0.4 is 4.90 Å². The summed E-state index contributed by atoms with van der Waals surface area (Å²) in [4.78, 5) is 19.4. The largest absolute Gasteiger partial charge is 0.311 e. The Balaban J connectivity index is 1.84. The lowest BCUT2D eigenvalue weighted by molar-refractivity contribution is -0.117. The molecule has 0 saturated carbocycles. The van der Waals surface area contributed by atoms with E-state index in [2.05, 4.69) is 0 Å². The maximum absolute atomic E-state index is 12.5. The first-order valence-electron chi connectivity index (χ1n) is 8.17. The van der Waals surface area contributed by atoms with Crippen molar-refractivity contribution in [3.63, 3.8) is 0 Å². The van der Waals surface area contributed by atoms with Crippen molar-refractivity contribution in [1.29, 1.82) is 0 Å². The number of fused-ring (bicyclic) bond motifs is 2. The molecule has 2 heterocycles. The number of aromatic nitrogens is 1. The third-order valence-electron chi connectivity index (χ3n) is 5.16. The molecule has 4 heteroatoms. The molecule has 0 aromatic carbocycles. The third kappa shape index (κ3) is 2.17. The van der Waals surface area contributed by atoms with Crippen LogP contribution in [0.2, 0.25) is 0 Å². The molecule has 0 N–H and O–H groups in total. The molecule has 0 radical (unpaired) electrons. The summed E-state index contributed by atoms with van der Waals surface area (Å²) in [6.45, 7) is 0.797. The van der Waals surface area contributed by atoms with E-state index in [-0.39, 0.29) is 5.91 Å². The number of rotatable bonds is 2. The zero-order chi connectivity index (χ0) is 14.4. The highest BCUT2D eigenvalue weighted by Gasteiger charge is 2.35. The molecule has 1 aromatic rings. The zero-order valence-electron chi connectivity index (χ0n) is 12.3. The number of amides is 1. The van der Waals surface area contributed by atoms with Crippen LogP contribution in [0.4, 0.5) is 5.69 Å². The van der Waals surface area contributed by atoms with Gasteiger partial charge in [0.15, 0.2) is 0 Å². The Bertz CT molecular complexity index is 599. The molecule has 1 saturated heterocycles. The highest BCUT2D eigenvalue weighted by atomic mass is 35.5. The van der Waals surface area contributed by atoms with E-state index in [0.29, 0.717) is 18.2 Å². The molecule has 112 valence electrons. The number of aryl methyl sites for hydroxylation is 2. The van der Waals surface area contributed by atoms with Gasteiger partial charge >= 0.3 is 0 Å². The van der Waals surface area contributed by atoms with Crippen LogP contribution in [0.1, 0.15) is 48.2 Å². The van der Waals surface area contributed by atoms with Crippen LogP contribution in [0, 0.1) is 5.92 Å². The van der Waals surface area contributed by atoms with Crippen LogP contribution in [0.15, 0.2) is 0 Å². The number of nitrogens with zero attached hydrogens (tertiary/aromatic N) is 2. The van der Waals surface area contributed by atoms with Gasteiger partial charge < -0.3 is 4.90 Å². The van der Waals surface area contributed by atoms with Crippen molar-refractivity contribution in [2.75, 3.05) is 17.3 Å². The quantitative estimate of drug-likeness (QED) is 0.787. The van der Waals surface area contributed by atoms with Gasteiger partial charge in [0.25, 0.3) is 0 Å². The van der Waals surface area contributed by atoms with Crippen molar-refractivity contribution in [1.82, 2.24) is 4.98 Å². The fourth-order valence-corrected chi connectivity index (χ4v) is 4.35. The molecule has 4 rings (SSSR count). The van der Waals surface area contributed by atoms with E-state index in [9.17, 15) is 4.79 Å². The van der Waals surface area contributed by atoms with E-state index in [1.54, 1.807) is 0 Å². The molecule has 2 aliphatic carbocycles. The van der Waals surface area contributed by atoms with Crippen LogP contribution in [0.3, 0.4) is 0 Å². The Hall–Kier alpha value is -1.09. The molecule has 0 bridgehead atoms. The number of anilines is 1. The number of hydrogen-bond acceptors (Lipinski definition) is 2. The Morgan fingerprint density at radius 2 is 1.71 bits per heavy atom. The van der Waals surface area contributed by atoms with Crippen LogP contribution in [-0.4, -0.2) is 23.3 Å². The number of pyridine rings is 1. The normalized spacial score (nSPS) is 24.3. The molecule has 0 spiro atoms. The van der Waals surface area contributed by atoms with Crippen molar-refractivity contribution in [2.45, 2.75) is 51.4 Å². The fourth-order valence-electron chi connectivity index (χ4n) is 4.15. The lowest BCUT2D eigenvalue weighted by Crippen LogP contribution is -2.29. The van der Waals surface area contributed by atoms with Crippen LogP contribution in [0.5, 0.6) is 0 Å². The second-order valence-corrected chi connectivity index (χ2v) is 6.91. The molecule has 1 fully saturated rings. The summed E-state index contributed by atoms with van der Waals surface area (Å²) < 4.78 is 0. The summed E-state index contributed by atoms with van der Waals surface area (Å²) in [5.74, 6) is 1.15. The molecular formula is C17H21ClN2O. The van der Waals surface area contributed by atoms with E-state index in [4.69, 9.17) is 16.6 Å². The Morgan fingerprint density at radius 3 is 2.43 bits per heavy atom. The number of alkyl halides is 1. The maximum Gasteiger partial charge on any atom is 0.227 e. The van der Waals surface area contributed by atoms with Gasteiger partial charge in [0.1, 0.15) is 0 Å². The third-order valence-corrected chi connectivity index (χ3v) is 5.60. The van der Waals surface area contributed by atoms with Gasteiger partial charge in [-0.25, -0.2) is 0 Å². The van der Waals surface area contributed by atoms with Gasteiger partial charge in [-0.2, -0.15) is 0 Å². The number of halogens is 1. The van der Waals surface area contributed by atoms with Crippen molar-refractivity contribution in [3.8, 4) is 0 Å². The Kier molecular flexibility index (Phi) is 3.41. The van der Waals surface area contributed by atoms with Crippen molar-refractivity contribution in [2.24, 2.45) is 5.92 Å². The summed E-state index contributed by atoms with van der Waals surface area (Å²) in [5.41, 5.74) is 6.49. The second-order valence-electron chi connectivity index (χ2n) is 6.60. The lowest BCUT2D eigenvalue weighted by atomic mass is 9.91. The number of carbonyl (C=O) groups excluding carboxylic acids is 1. The van der Waals surface area contributed by atoms with Gasteiger partial charge in [0, 0.05) is 30.2 Å². The van der Waals surface area contributed by atoms with Gasteiger partial charge in [-0.05, 0) is 62.0 Å². The molecule has 1 atom stereocenters. The van der Waals surface area contributed by atoms with Gasteiger partial charge in [-0.1, -0.05) is 0 Å². The lowest BCUT2D eigenvalue weighted by Gasteiger charge is -2.27. The van der Waals surface area contributed by atoms with Crippen molar-refractivity contribution in [3.05, 3.63) is 22.5 Å². The monoisotopic (exact) mass is 304 g/mol. The standard InChI is InChI=1S/C17H21ClN2O/c18-9-11-8-16(21)20(10-11)17-12-4-1-2-6-14(12)19-15-7-3-5-13(15)17/h11H,1-10H2. The van der Waals surface area contributed by atoms with Gasteiger partial charge in [0.2, 0.25) is 5.91 Å². The average molecular weight is 305 g/mol. The summed E-state index contributed by atoms with van der Waals surface area (Å²) in [5, 5.41) is 0. The summed E-state index contributed by atoms with van der Waals surface area (Å²) in [6, 6.07) is 0. The Morgan fingerprint density at radius 1 is 1.05 bits per heavy atom. The maximum atomic E-state index is 12.5. The molecule has 1 aromatic heterocycles. The van der Waals surface area contributed by atoms with Crippen LogP contribution >= 0.6 is 11.6 Å². The summed E-state index contributed by atoms with van der Waals surface area (Å²) >= 11 is 6.00. The number of hydrogen-bond donors (Lipinski definition) is 0. The molecule has 21 heavy (non-hydrogen) atoms. The zero-order valence-corrected chi connectivity index (χ0v) is 13.1. The first-order valence-corrected chi connectivity index (χ1v) is 8.71. The highest BCUT2D eigenvalue weighted by molar-refractivity contribution is 6.18. The molecule has 1 aliphatic heterocycles. The van der Waals surface area contributed by atoms with E-state index < -0.39 is 0 Å². The summed E-state index contributed by atoms with van der Waals surface area (Å²) in [7, 11) is 0. The minimum Gasteiger partial charge on any atom is -0.311 e. The predicted octanol–water partition coefficient (Wildman–Crippen LogP) is 3.04. The molecule has 3 aliphatic rings. The Labute approximate surface area is 130 Å². The first-order chi connectivity index (χ1) is 10.3. The SMILES string of the molecule is O=C1CC(CCl)CN1c1c2c(nc3c1CCC3)CCCC2. The smallest absolute Gasteiger partial charge is 0.227 e. The highest BCUT2D eigenvalue weighted by Crippen LogP contribution is 2.40. The average Bonchev–Trinajstić information content (AvgIpc) is 3.11. The predicted molar refractivity (Wildman–Crippen MR) is 84.1 cm³/mol. The molecule has 3 nitrogen and oxygen atoms in total. The number of carbonyl (C=O) groups is 1. The van der Waals surface area contributed by atoms with Gasteiger partial charge in [-0.15, -0.1) is 11.6 Å². The topological polar surface area (TPSA) is 33.2 Å². The van der Waals surface area contributed by atoms with E-state index in [1.807, 2.05) is 4.90 Å². The van der Waals surface area contributed by atoms with E-state index >= 15 is 0 Å². The molecule has 1 amide bonds.